The number of sulfone groups is 1. The Labute approximate surface area is 541 Å². The highest BCUT2D eigenvalue weighted by Gasteiger charge is 2.51. The van der Waals surface area contributed by atoms with Gasteiger partial charge in [0.05, 0.1) is 36.0 Å². The third kappa shape index (κ3) is 16.2. The van der Waals surface area contributed by atoms with Crippen molar-refractivity contribution in [3.63, 3.8) is 0 Å². The smallest absolute Gasteiger partial charge is 0.410 e. The van der Waals surface area contributed by atoms with E-state index >= 15 is 0 Å². The molecule has 0 spiro atoms. The number of carbonyl (C=O) groups excluding carboxylic acids is 1. The molecule has 2 saturated heterocycles. The summed E-state index contributed by atoms with van der Waals surface area (Å²) in [5, 5.41) is 5.73. The Hall–Kier alpha value is -5.79. The topological polar surface area (TPSA) is 144 Å². The van der Waals surface area contributed by atoms with Crippen molar-refractivity contribution in [2.24, 2.45) is 5.92 Å². The number of thioether (sulfide) groups is 1. The van der Waals surface area contributed by atoms with Gasteiger partial charge in [0.1, 0.15) is 4.90 Å². The summed E-state index contributed by atoms with van der Waals surface area (Å²) in [5.74, 6) is -0.563. The fourth-order valence-corrected chi connectivity index (χ4v) is 20.8. The average Bonchev–Trinajstić information content (AvgIpc) is 0.853. The lowest BCUT2D eigenvalue weighted by Crippen LogP contribution is -2.67. The summed E-state index contributed by atoms with van der Waals surface area (Å²) in [4.78, 5) is 16.9. The minimum absolute atomic E-state index is 0.0302. The molecule has 480 valence electrons. The van der Waals surface area contributed by atoms with Crippen molar-refractivity contribution < 1.29 is 48.4 Å². The van der Waals surface area contributed by atoms with Gasteiger partial charge in [-0.05, 0) is 142 Å². The summed E-state index contributed by atoms with van der Waals surface area (Å²) >= 11 is 7.74. The summed E-state index contributed by atoms with van der Waals surface area (Å²) in [6.07, 6.45) is 1.48. The molecular formula is C69H82ClF3N4O8S3Si2. The molecule has 2 aliphatic rings. The van der Waals surface area contributed by atoms with Gasteiger partial charge >= 0.3 is 5.51 Å². The van der Waals surface area contributed by atoms with Crippen LogP contribution in [0, 0.1) is 5.92 Å². The molecule has 0 radical (unpaired) electrons. The van der Waals surface area contributed by atoms with Gasteiger partial charge in [-0.3, -0.25) is 9.69 Å². The lowest BCUT2D eigenvalue weighted by molar-refractivity contribution is -0.0498. The maximum atomic E-state index is 14.7. The molecule has 7 aromatic carbocycles. The molecule has 7 aromatic rings. The number of ether oxygens (including phenoxy) is 1. The molecule has 0 unspecified atom stereocenters. The second-order valence-electron chi connectivity index (χ2n) is 25.8. The minimum atomic E-state index is -6.16. The number of amides is 1. The highest BCUT2D eigenvalue weighted by atomic mass is 35.5. The zero-order chi connectivity index (χ0) is 64.7. The highest BCUT2D eigenvalue weighted by Crippen LogP contribution is 2.47. The fourth-order valence-electron chi connectivity index (χ4n) is 11.7. The van der Waals surface area contributed by atoms with E-state index in [2.05, 4.69) is 112 Å². The van der Waals surface area contributed by atoms with Crippen LogP contribution in [0.2, 0.25) is 28.2 Å². The van der Waals surface area contributed by atoms with Crippen LogP contribution in [0.4, 0.5) is 24.5 Å². The van der Waals surface area contributed by atoms with Gasteiger partial charge in [-0.1, -0.05) is 168 Å². The third-order valence-electron chi connectivity index (χ3n) is 17.7. The number of alkyl halides is 3. The van der Waals surface area contributed by atoms with Gasteiger partial charge in [0.2, 0.25) is 0 Å². The normalized spacial score (nSPS) is 16.8. The van der Waals surface area contributed by atoms with Crippen LogP contribution < -0.4 is 25.3 Å². The predicted molar refractivity (Wildman–Crippen MR) is 363 cm³/mol. The standard InChI is InChI=1S/C69H82ClF3N4O8S3Si2/c1-67(2,3)89(7,8)85-65(62-27-19-18-26-61(62)50-28-32-53(70)33-29-50)51-38-42-77(43-39-51)55-34-30-52(31-35-55)66(78)75-88(81,82)58-36-37-63(64(46-58)87(79,80)69(71,72)73)74-54(49-86-57-20-12-9-13-21-57)40-41-76-44-45-83-56(47-76)48-84-90(68(4,5)6,59-22-14-10-15-23-59)60-24-16-11-17-25-60/h9-37,46,51,54,56,65,74H,38-45,47-49H2,1-8H3,(H,75,78)/t54-,56+,65-/m1/s1. The van der Waals surface area contributed by atoms with E-state index in [0.717, 1.165) is 62.6 Å². The average molecular weight is 1340 g/mol. The van der Waals surface area contributed by atoms with Crippen LogP contribution in [0.25, 0.3) is 11.1 Å². The lowest BCUT2D eigenvalue weighted by atomic mass is 9.84. The van der Waals surface area contributed by atoms with E-state index in [0.29, 0.717) is 69.2 Å². The molecule has 2 N–H and O–H groups in total. The predicted octanol–water partition coefficient (Wildman–Crippen LogP) is 14.6. The Morgan fingerprint density at radius 2 is 1.32 bits per heavy atom. The Morgan fingerprint density at radius 3 is 1.91 bits per heavy atom. The number of nitrogens with zero attached hydrogens (tertiary/aromatic N) is 2. The van der Waals surface area contributed by atoms with Crippen molar-refractivity contribution >= 4 is 87.5 Å². The first kappa shape index (κ1) is 68.6. The molecule has 0 saturated carbocycles. The van der Waals surface area contributed by atoms with Crippen LogP contribution in [0.15, 0.2) is 197 Å². The maximum Gasteiger partial charge on any atom is 0.501 e. The molecule has 3 atom stereocenters. The van der Waals surface area contributed by atoms with E-state index in [1.807, 2.05) is 102 Å². The van der Waals surface area contributed by atoms with Crippen molar-refractivity contribution in [1.29, 1.82) is 0 Å². The van der Waals surface area contributed by atoms with E-state index in [9.17, 15) is 34.8 Å². The molecule has 0 aromatic heterocycles. The van der Waals surface area contributed by atoms with E-state index in [4.69, 9.17) is 25.2 Å². The van der Waals surface area contributed by atoms with Gasteiger partial charge < -0.3 is 23.8 Å². The summed E-state index contributed by atoms with van der Waals surface area (Å²) in [5.41, 5.74) is -2.18. The number of morpholine rings is 1. The molecule has 90 heavy (non-hydrogen) atoms. The van der Waals surface area contributed by atoms with Crippen LogP contribution in [-0.2, 0) is 33.4 Å². The van der Waals surface area contributed by atoms with E-state index in [-0.39, 0.29) is 33.8 Å². The SMILES string of the molecule is CC(C)(C)[Si](C)(C)O[C@@H](c1ccccc1-c1ccc(Cl)cc1)C1CCN(c2ccc(C(=O)NS(=O)(=O)c3ccc(N[C@H](CCN4CCO[C@H](CO[Si](c5ccccc5)(c5ccccc5)C(C)(C)C)C4)CSc4ccccc4)c(S(=O)(=O)C(F)(F)F)c3)cc2)CC1. The van der Waals surface area contributed by atoms with Crippen LogP contribution in [0.3, 0.4) is 0 Å². The first-order chi connectivity index (χ1) is 42.6. The van der Waals surface area contributed by atoms with E-state index in [1.165, 1.54) is 23.9 Å². The number of anilines is 2. The number of piperidine rings is 1. The molecular weight excluding hydrogens is 1260 g/mol. The zero-order valence-corrected chi connectivity index (χ0v) is 57.5. The van der Waals surface area contributed by atoms with Gasteiger partial charge in [0, 0.05) is 65.7 Å². The van der Waals surface area contributed by atoms with E-state index < -0.39 is 69.4 Å². The summed E-state index contributed by atoms with van der Waals surface area (Å²) in [6, 6.07) is 54.6. The van der Waals surface area contributed by atoms with Crippen LogP contribution in [-0.4, -0.2) is 114 Å². The van der Waals surface area contributed by atoms with Gasteiger partial charge in [0.15, 0.2) is 8.32 Å². The number of nitrogens with one attached hydrogen (secondary N) is 2. The highest BCUT2D eigenvalue weighted by molar-refractivity contribution is 7.99. The first-order valence-corrected chi connectivity index (χ1v) is 39.6. The molecule has 1 amide bonds. The van der Waals surface area contributed by atoms with Gasteiger partial charge in [-0.25, -0.2) is 21.6 Å². The number of carbonyl (C=O) groups is 1. The first-order valence-electron chi connectivity index (χ1n) is 30.5. The van der Waals surface area contributed by atoms with Gasteiger partial charge in [-0.2, -0.15) is 13.2 Å². The van der Waals surface area contributed by atoms with Gasteiger partial charge in [-0.15, -0.1) is 11.8 Å². The summed E-state index contributed by atoms with van der Waals surface area (Å²) in [7, 11) is -16.3. The molecule has 21 heteroatoms. The Kier molecular flexibility index (Phi) is 21.8. The number of halogens is 4. The van der Waals surface area contributed by atoms with E-state index in [1.54, 1.807) is 12.1 Å². The number of hydrogen-bond acceptors (Lipinski definition) is 12. The maximum absolute atomic E-state index is 14.7. The Bertz CT molecular complexity index is 3730. The minimum Gasteiger partial charge on any atom is -0.410 e. The second-order valence-corrected chi connectivity index (χ2v) is 40.0. The molecule has 9 rings (SSSR count). The molecule has 2 fully saturated rings. The number of hydrogen-bond donors (Lipinski definition) is 2. The Morgan fingerprint density at radius 1 is 0.733 bits per heavy atom. The molecule has 2 heterocycles. The molecule has 0 aliphatic carbocycles. The monoisotopic (exact) mass is 1340 g/mol. The molecule has 0 bridgehead atoms. The number of benzene rings is 7. The lowest BCUT2D eigenvalue weighted by Gasteiger charge is -2.44. The number of rotatable bonds is 23. The van der Waals surface area contributed by atoms with Crippen LogP contribution >= 0.6 is 23.4 Å². The summed E-state index contributed by atoms with van der Waals surface area (Å²) in [6.45, 7) is 21.5. The zero-order valence-electron chi connectivity index (χ0n) is 52.3. The summed E-state index contributed by atoms with van der Waals surface area (Å²) < 4.78 is 122. The molecule has 12 nitrogen and oxygen atoms in total. The quantitative estimate of drug-likeness (QED) is 0.0465. The van der Waals surface area contributed by atoms with Crippen molar-refractivity contribution in [3.05, 3.63) is 198 Å². The van der Waals surface area contributed by atoms with Crippen molar-refractivity contribution in [3.8, 4) is 11.1 Å². The van der Waals surface area contributed by atoms with Crippen molar-refractivity contribution in [1.82, 2.24) is 9.62 Å². The second kappa shape index (κ2) is 28.6. The van der Waals surface area contributed by atoms with Gasteiger partial charge in [0.25, 0.3) is 34.1 Å². The number of sulfonamides is 1. The van der Waals surface area contributed by atoms with Crippen LogP contribution in [0.5, 0.6) is 0 Å². The molecule has 2 aliphatic heterocycles. The van der Waals surface area contributed by atoms with Crippen molar-refractivity contribution in [2.45, 2.75) is 122 Å². The fraction of sp³-hybridized carbons (Fsp3) is 0.377. The van der Waals surface area contributed by atoms with Crippen LogP contribution in [0.1, 0.15) is 82.8 Å². The Balaban J connectivity index is 0.887. The largest absolute Gasteiger partial charge is 0.501 e. The third-order valence-corrected chi connectivity index (χ3v) is 31.4. The van der Waals surface area contributed by atoms with Crippen molar-refractivity contribution in [2.75, 3.05) is 61.9 Å².